The van der Waals surface area contributed by atoms with Gasteiger partial charge in [-0.3, -0.25) is 24.1 Å². The second-order valence-corrected chi connectivity index (χ2v) is 11.7. The highest BCUT2D eigenvalue weighted by molar-refractivity contribution is 5.98. The Bertz CT molecular complexity index is 1100. The van der Waals surface area contributed by atoms with Crippen molar-refractivity contribution in [2.45, 2.75) is 75.8 Å². The number of benzene rings is 1. The predicted molar refractivity (Wildman–Crippen MR) is 153 cm³/mol. The molecule has 3 amide bonds. The Labute approximate surface area is 246 Å². The van der Waals surface area contributed by atoms with Gasteiger partial charge in [0, 0.05) is 13.1 Å². The van der Waals surface area contributed by atoms with Crippen molar-refractivity contribution in [1.29, 1.82) is 0 Å². The number of amides is 3. The Kier molecular flexibility index (Phi) is 10.9. The summed E-state index contributed by atoms with van der Waals surface area (Å²) in [5.74, 6) is -1.03. The third-order valence-electron chi connectivity index (χ3n) is 8.37. The van der Waals surface area contributed by atoms with Crippen LogP contribution in [-0.4, -0.2) is 104 Å². The highest BCUT2D eigenvalue weighted by atomic mass is 16.6. The molecule has 12 nitrogen and oxygen atoms in total. The number of methoxy groups -OCH3 is 1. The number of hydrogen-bond donors (Lipinski definition) is 4. The van der Waals surface area contributed by atoms with Gasteiger partial charge in [0.15, 0.2) is 5.78 Å². The Balaban J connectivity index is 1.47. The van der Waals surface area contributed by atoms with Gasteiger partial charge in [-0.1, -0.05) is 37.8 Å². The van der Waals surface area contributed by atoms with Gasteiger partial charge in [0.2, 0.25) is 17.7 Å². The van der Waals surface area contributed by atoms with E-state index in [0.717, 1.165) is 25.7 Å². The SMILES string of the molecule is COc1ccc([C@H](O)[C@H](NC(=O)[C@H](C)NC(=O)CN2CCOCC2)C(=O)N[C@@H](CC2CCCC2)C(=O)[C@@]2(C)CO2)cc1. The van der Waals surface area contributed by atoms with Gasteiger partial charge in [-0.05, 0) is 43.9 Å². The number of ether oxygens (including phenoxy) is 3. The summed E-state index contributed by atoms with van der Waals surface area (Å²) in [6, 6.07) is 3.25. The molecule has 0 unspecified atom stereocenters. The molecule has 4 N–H and O–H groups in total. The molecule has 3 fully saturated rings. The monoisotopic (exact) mass is 588 g/mol. The third kappa shape index (κ3) is 8.50. The second kappa shape index (κ2) is 14.4. The van der Waals surface area contributed by atoms with E-state index in [9.17, 15) is 24.3 Å². The van der Waals surface area contributed by atoms with Crippen LogP contribution in [0.5, 0.6) is 5.75 Å². The first kappa shape index (κ1) is 31.9. The Morgan fingerprint density at radius 2 is 1.69 bits per heavy atom. The number of aliphatic hydroxyl groups excluding tert-OH is 1. The quantitative estimate of drug-likeness (QED) is 0.227. The van der Waals surface area contributed by atoms with Crippen molar-refractivity contribution in [1.82, 2.24) is 20.9 Å². The molecule has 1 aromatic rings. The van der Waals surface area contributed by atoms with E-state index in [1.54, 1.807) is 31.2 Å². The van der Waals surface area contributed by atoms with Gasteiger partial charge in [0.25, 0.3) is 0 Å². The maximum absolute atomic E-state index is 13.8. The molecule has 0 radical (unpaired) electrons. The van der Waals surface area contributed by atoms with Gasteiger partial charge in [-0.2, -0.15) is 0 Å². The van der Waals surface area contributed by atoms with Crippen LogP contribution < -0.4 is 20.7 Å². The highest BCUT2D eigenvalue weighted by Crippen LogP contribution is 2.33. The first-order valence-corrected chi connectivity index (χ1v) is 14.8. The van der Waals surface area contributed by atoms with Crippen LogP contribution in [-0.2, 0) is 28.7 Å². The zero-order valence-corrected chi connectivity index (χ0v) is 24.7. The van der Waals surface area contributed by atoms with E-state index in [4.69, 9.17) is 14.2 Å². The standard InChI is InChI=1S/C30H44N4O8/c1-19(31-24(35)17-34-12-14-41-15-13-34)28(38)33-25(26(36)21-8-10-22(40-3)11-9-21)29(39)32-23(16-20-6-4-5-7-20)27(37)30(2)18-42-30/h8-11,19-20,23,25-26,36H,4-7,12-18H2,1-3H3,(H,31,35)(H,32,39)(H,33,38)/t19-,23-,25-,26-,30+/m0/s1. The smallest absolute Gasteiger partial charge is 0.246 e. The largest absolute Gasteiger partial charge is 0.497 e. The molecular weight excluding hydrogens is 544 g/mol. The third-order valence-corrected chi connectivity index (χ3v) is 8.37. The minimum Gasteiger partial charge on any atom is -0.497 e. The molecule has 42 heavy (non-hydrogen) atoms. The predicted octanol–water partition coefficient (Wildman–Crippen LogP) is 0.473. The topological polar surface area (TPSA) is 159 Å². The molecule has 2 saturated heterocycles. The minimum absolute atomic E-state index is 0.116. The van der Waals surface area contributed by atoms with E-state index in [0.29, 0.717) is 56.6 Å². The maximum atomic E-state index is 13.8. The van der Waals surface area contributed by atoms with Crippen molar-refractivity contribution in [3.8, 4) is 5.75 Å². The fourth-order valence-corrected chi connectivity index (χ4v) is 5.57. The van der Waals surface area contributed by atoms with E-state index >= 15 is 0 Å². The van der Waals surface area contributed by atoms with Crippen LogP contribution in [0.25, 0.3) is 0 Å². The van der Waals surface area contributed by atoms with Crippen LogP contribution >= 0.6 is 0 Å². The zero-order chi connectivity index (χ0) is 30.3. The second-order valence-electron chi connectivity index (χ2n) is 11.7. The lowest BCUT2D eigenvalue weighted by atomic mass is 9.90. The summed E-state index contributed by atoms with van der Waals surface area (Å²) in [5, 5.41) is 19.4. The van der Waals surface area contributed by atoms with E-state index in [1.165, 1.54) is 14.0 Å². The Morgan fingerprint density at radius 1 is 1.05 bits per heavy atom. The van der Waals surface area contributed by atoms with Crippen LogP contribution in [0.4, 0.5) is 0 Å². The summed E-state index contributed by atoms with van der Waals surface area (Å²) in [6.07, 6.45) is 3.15. The van der Waals surface area contributed by atoms with E-state index < -0.39 is 41.6 Å². The molecule has 0 spiro atoms. The molecule has 0 bridgehead atoms. The number of carbonyl (C=O) groups excluding carboxylic acids is 4. The average Bonchev–Trinajstić information content (AvgIpc) is 3.53. The molecule has 1 aliphatic carbocycles. The van der Waals surface area contributed by atoms with Gasteiger partial charge >= 0.3 is 0 Å². The fourth-order valence-electron chi connectivity index (χ4n) is 5.57. The van der Waals surface area contributed by atoms with Crippen molar-refractivity contribution in [3.05, 3.63) is 29.8 Å². The molecule has 0 aromatic heterocycles. The number of aliphatic hydroxyl groups is 1. The molecule has 1 saturated carbocycles. The molecule has 1 aromatic carbocycles. The van der Waals surface area contributed by atoms with Gasteiger partial charge in [-0.15, -0.1) is 0 Å². The van der Waals surface area contributed by atoms with E-state index in [2.05, 4.69) is 16.0 Å². The van der Waals surface area contributed by atoms with E-state index in [-0.39, 0.29) is 18.2 Å². The number of nitrogens with one attached hydrogen (secondary N) is 3. The molecular formula is C30H44N4O8. The zero-order valence-electron chi connectivity index (χ0n) is 24.7. The number of hydrogen-bond acceptors (Lipinski definition) is 9. The number of carbonyl (C=O) groups is 4. The summed E-state index contributed by atoms with van der Waals surface area (Å²) in [7, 11) is 1.52. The lowest BCUT2D eigenvalue weighted by Crippen LogP contribution is -2.58. The van der Waals surface area contributed by atoms with Crippen LogP contribution in [0.2, 0.25) is 0 Å². The van der Waals surface area contributed by atoms with Crippen LogP contribution in [0.3, 0.4) is 0 Å². The van der Waals surface area contributed by atoms with Crippen molar-refractivity contribution in [2.75, 3.05) is 46.6 Å². The Hall–Kier alpha value is -3.06. The molecule has 2 heterocycles. The molecule has 4 rings (SSSR count). The Morgan fingerprint density at radius 3 is 2.29 bits per heavy atom. The number of nitrogens with zero attached hydrogens (tertiary/aromatic N) is 1. The number of Topliss-reactive ketones (excluding diaryl/α,β-unsaturated/α-hetero) is 1. The molecule has 5 atom stereocenters. The summed E-state index contributed by atoms with van der Waals surface area (Å²) in [5.41, 5.74) is -0.570. The van der Waals surface area contributed by atoms with Crippen molar-refractivity contribution < 1.29 is 38.5 Å². The number of epoxide rings is 1. The van der Waals surface area contributed by atoms with Crippen molar-refractivity contribution in [2.24, 2.45) is 5.92 Å². The molecule has 12 heteroatoms. The lowest BCUT2D eigenvalue weighted by molar-refractivity contribution is -0.136. The van der Waals surface area contributed by atoms with Gasteiger partial charge < -0.3 is 35.3 Å². The summed E-state index contributed by atoms with van der Waals surface area (Å²) >= 11 is 0. The first-order chi connectivity index (χ1) is 20.1. The highest BCUT2D eigenvalue weighted by Gasteiger charge is 2.50. The number of rotatable bonds is 14. The molecule has 2 aliphatic heterocycles. The van der Waals surface area contributed by atoms with Gasteiger partial charge in [0.05, 0.1) is 39.5 Å². The first-order valence-electron chi connectivity index (χ1n) is 14.8. The average molecular weight is 589 g/mol. The summed E-state index contributed by atoms with van der Waals surface area (Å²) in [4.78, 5) is 54.8. The van der Waals surface area contributed by atoms with E-state index in [1.807, 2.05) is 4.90 Å². The van der Waals surface area contributed by atoms with Gasteiger partial charge in [0.1, 0.15) is 29.5 Å². The summed E-state index contributed by atoms with van der Waals surface area (Å²) in [6.45, 7) is 5.95. The van der Waals surface area contributed by atoms with Crippen molar-refractivity contribution >= 4 is 23.5 Å². The number of ketones is 1. The van der Waals surface area contributed by atoms with Crippen molar-refractivity contribution in [3.63, 3.8) is 0 Å². The van der Waals surface area contributed by atoms with Gasteiger partial charge in [-0.25, -0.2) is 0 Å². The summed E-state index contributed by atoms with van der Waals surface area (Å²) < 4.78 is 15.9. The van der Waals surface area contributed by atoms with Crippen LogP contribution in [0.15, 0.2) is 24.3 Å². The maximum Gasteiger partial charge on any atom is 0.246 e. The van der Waals surface area contributed by atoms with Crippen LogP contribution in [0.1, 0.15) is 57.6 Å². The molecule has 3 aliphatic rings. The molecule has 232 valence electrons. The fraction of sp³-hybridized carbons (Fsp3) is 0.667. The minimum atomic E-state index is -1.44. The number of morpholine rings is 1. The normalized spacial score (nSPS) is 23.7. The lowest BCUT2D eigenvalue weighted by Gasteiger charge is -2.29. The van der Waals surface area contributed by atoms with Crippen LogP contribution in [0, 0.1) is 5.92 Å².